The number of rotatable bonds is 1. The Morgan fingerprint density at radius 1 is 1.12 bits per heavy atom. The number of alkyl halides is 3. The first kappa shape index (κ1) is 15.2. The van der Waals surface area contributed by atoms with Gasteiger partial charge >= 0.3 is 6.18 Å². The molecule has 1 rings (SSSR count). The van der Waals surface area contributed by atoms with Crippen LogP contribution in [0.3, 0.4) is 0 Å². The van der Waals surface area contributed by atoms with E-state index in [1.165, 1.54) is 18.2 Å². The molecule has 0 fully saturated rings. The molecule has 17 heavy (non-hydrogen) atoms. The number of halogens is 4. The molecule has 1 atom stereocenters. The van der Waals surface area contributed by atoms with Gasteiger partial charge in [0.2, 0.25) is 0 Å². The summed E-state index contributed by atoms with van der Waals surface area (Å²) in [4.78, 5) is 0. The van der Waals surface area contributed by atoms with Crippen LogP contribution in [0.4, 0.5) is 13.2 Å². The third-order valence-corrected chi connectivity index (χ3v) is 2.01. The van der Waals surface area contributed by atoms with Crippen molar-refractivity contribution >= 4 is 12.4 Å². The lowest BCUT2D eigenvalue weighted by Gasteiger charge is -2.17. The fraction of sp³-hybridized carbons (Fsp3) is 0.200. The molecular formula is C10H7ClF3N3. The Morgan fingerprint density at radius 2 is 1.53 bits per heavy atom. The predicted octanol–water partition coefficient (Wildman–Crippen LogP) is 2.41. The van der Waals surface area contributed by atoms with E-state index in [-0.39, 0.29) is 23.5 Å². The highest BCUT2D eigenvalue weighted by atomic mass is 35.5. The highest BCUT2D eigenvalue weighted by molar-refractivity contribution is 5.85. The minimum absolute atomic E-state index is 0. The molecular weight excluding hydrogens is 255 g/mol. The smallest absolute Gasteiger partial charge is 0.316 e. The Hall–Kier alpha value is -1.76. The summed E-state index contributed by atoms with van der Waals surface area (Å²) in [5, 5.41) is 17.3. The van der Waals surface area contributed by atoms with Crippen molar-refractivity contribution in [2.75, 3.05) is 0 Å². The summed E-state index contributed by atoms with van der Waals surface area (Å²) in [6, 6.07) is 4.59. The predicted molar refractivity (Wildman–Crippen MR) is 56.1 cm³/mol. The van der Waals surface area contributed by atoms with Crippen molar-refractivity contribution in [2.24, 2.45) is 5.73 Å². The van der Waals surface area contributed by atoms with E-state index in [1.807, 2.05) is 0 Å². The largest absolute Gasteiger partial charge is 0.407 e. The van der Waals surface area contributed by atoms with Crippen LogP contribution in [0.15, 0.2) is 18.2 Å². The molecule has 1 aromatic carbocycles. The minimum atomic E-state index is -4.68. The second-order valence-electron chi connectivity index (χ2n) is 3.01. The fourth-order valence-corrected chi connectivity index (χ4v) is 1.26. The summed E-state index contributed by atoms with van der Waals surface area (Å²) < 4.78 is 37.3. The lowest BCUT2D eigenvalue weighted by atomic mass is 9.96. The standard InChI is InChI=1S/C10H6F3N3.ClH/c11-10(12,13)9(16)8-6(4-14)2-1-3-7(8)5-15;/h1-3,9H,16H2;1H/t9-;/m0./s1. The van der Waals surface area contributed by atoms with Crippen LogP contribution in [0.5, 0.6) is 0 Å². The van der Waals surface area contributed by atoms with E-state index in [4.69, 9.17) is 16.3 Å². The molecule has 1 aromatic rings. The maximum Gasteiger partial charge on any atom is 0.407 e. The average molecular weight is 262 g/mol. The van der Waals surface area contributed by atoms with Crippen molar-refractivity contribution in [3.05, 3.63) is 34.9 Å². The van der Waals surface area contributed by atoms with Gasteiger partial charge in [0.05, 0.1) is 23.3 Å². The van der Waals surface area contributed by atoms with Gasteiger partial charge in [0.15, 0.2) is 0 Å². The first-order valence-electron chi connectivity index (χ1n) is 4.17. The second kappa shape index (κ2) is 5.53. The zero-order chi connectivity index (χ0) is 12.3. The maximum absolute atomic E-state index is 12.4. The summed E-state index contributed by atoms with van der Waals surface area (Å²) in [7, 11) is 0. The Kier molecular flexibility index (Phi) is 4.96. The first-order chi connectivity index (χ1) is 7.41. The molecule has 3 nitrogen and oxygen atoms in total. The topological polar surface area (TPSA) is 73.6 Å². The van der Waals surface area contributed by atoms with E-state index >= 15 is 0 Å². The molecule has 0 saturated carbocycles. The summed E-state index contributed by atoms with van der Waals surface area (Å²) in [5.74, 6) is 0. The van der Waals surface area contributed by atoms with Gasteiger partial charge in [-0.15, -0.1) is 12.4 Å². The zero-order valence-corrected chi connectivity index (χ0v) is 9.14. The molecule has 0 radical (unpaired) electrons. The Balaban J connectivity index is 0.00000256. The van der Waals surface area contributed by atoms with Crippen molar-refractivity contribution < 1.29 is 13.2 Å². The molecule has 90 valence electrons. The van der Waals surface area contributed by atoms with Crippen LogP contribution in [0, 0.1) is 22.7 Å². The van der Waals surface area contributed by atoms with E-state index in [0.717, 1.165) is 0 Å². The lowest BCUT2D eigenvalue weighted by molar-refractivity contribution is -0.149. The Bertz CT molecular complexity index is 453. The molecule has 0 aromatic heterocycles. The van der Waals surface area contributed by atoms with E-state index in [0.29, 0.717) is 0 Å². The van der Waals surface area contributed by atoms with Crippen molar-refractivity contribution in [1.82, 2.24) is 0 Å². The summed E-state index contributed by atoms with van der Waals surface area (Å²) in [5.41, 5.74) is 4.06. The van der Waals surface area contributed by atoms with Gasteiger partial charge in [-0.25, -0.2) is 0 Å². The van der Waals surface area contributed by atoms with E-state index < -0.39 is 17.8 Å². The average Bonchev–Trinajstić information content (AvgIpc) is 2.25. The van der Waals surface area contributed by atoms with Crippen LogP contribution in [-0.2, 0) is 0 Å². The first-order valence-corrected chi connectivity index (χ1v) is 4.17. The van der Waals surface area contributed by atoms with Crippen LogP contribution in [0.1, 0.15) is 22.7 Å². The molecule has 7 heteroatoms. The quantitative estimate of drug-likeness (QED) is 0.844. The zero-order valence-electron chi connectivity index (χ0n) is 8.32. The lowest BCUT2D eigenvalue weighted by Crippen LogP contribution is -2.30. The monoisotopic (exact) mass is 261 g/mol. The number of nitrogens with two attached hydrogens (primary N) is 1. The molecule has 0 unspecified atom stereocenters. The molecule has 0 aliphatic carbocycles. The van der Waals surface area contributed by atoms with Crippen molar-refractivity contribution in [1.29, 1.82) is 10.5 Å². The normalized spacial score (nSPS) is 11.9. The maximum atomic E-state index is 12.4. The van der Waals surface area contributed by atoms with Gasteiger partial charge in [0.1, 0.15) is 6.04 Å². The van der Waals surface area contributed by atoms with E-state index in [9.17, 15) is 13.2 Å². The van der Waals surface area contributed by atoms with Crippen LogP contribution >= 0.6 is 12.4 Å². The third kappa shape index (κ3) is 3.10. The third-order valence-electron chi connectivity index (χ3n) is 2.01. The SMILES string of the molecule is Cl.N#Cc1cccc(C#N)c1[C@H](N)C(F)(F)F. The summed E-state index contributed by atoms with van der Waals surface area (Å²) in [6.45, 7) is 0. The molecule has 0 amide bonds. The van der Waals surface area contributed by atoms with Crippen LogP contribution in [0.2, 0.25) is 0 Å². The van der Waals surface area contributed by atoms with E-state index in [2.05, 4.69) is 0 Å². The number of nitriles is 2. The molecule has 0 bridgehead atoms. The van der Waals surface area contributed by atoms with Gasteiger partial charge in [-0.05, 0) is 12.1 Å². The number of benzene rings is 1. The Morgan fingerprint density at radius 3 is 1.82 bits per heavy atom. The highest BCUT2D eigenvalue weighted by Crippen LogP contribution is 2.33. The fourth-order valence-electron chi connectivity index (χ4n) is 1.26. The van der Waals surface area contributed by atoms with Gasteiger partial charge in [-0.3, -0.25) is 0 Å². The molecule has 0 aliphatic heterocycles. The summed E-state index contributed by atoms with van der Waals surface area (Å²) in [6.07, 6.45) is -4.68. The number of nitrogens with zero attached hydrogens (tertiary/aromatic N) is 2. The number of hydrogen-bond acceptors (Lipinski definition) is 3. The Labute approximate surface area is 102 Å². The van der Waals surface area contributed by atoms with Gasteiger partial charge < -0.3 is 5.73 Å². The van der Waals surface area contributed by atoms with Gasteiger partial charge in [-0.1, -0.05) is 6.07 Å². The molecule has 0 spiro atoms. The van der Waals surface area contributed by atoms with Gasteiger partial charge in [0.25, 0.3) is 0 Å². The second-order valence-corrected chi connectivity index (χ2v) is 3.01. The van der Waals surface area contributed by atoms with Crippen LogP contribution in [0.25, 0.3) is 0 Å². The van der Waals surface area contributed by atoms with Crippen LogP contribution in [-0.4, -0.2) is 6.18 Å². The van der Waals surface area contributed by atoms with Crippen molar-refractivity contribution in [3.63, 3.8) is 0 Å². The van der Waals surface area contributed by atoms with E-state index in [1.54, 1.807) is 12.1 Å². The number of hydrogen-bond donors (Lipinski definition) is 1. The van der Waals surface area contributed by atoms with Crippen molar-refractivity contribution in [3.8, 4) is 12.1 Å². The molecule has 0 heterocycles. The molecule has 0 aliphatic rings. The van der Waals surface area contributed by atoms with Crippen molar-refractivity contribution in [2.45, 2.75) is 12.2 Å². The molecule has 0 saturated heterocycles. The van der Waals surface area contributed by atoms with Crippen LogP contribution < -0.4 is 5.73 Å². The van der Waals surface area contributed by atoms with Gasteiger partial charge in [0, 0.05) is 5.56 Å². The minimum Gasteiger partial charge on any atom is -0.316 e. The van der Waals surface area contributed by atoms with Gasteiger partial charge in [-0.2, -0.15) is 23.7 Å². The molecule has 2 N–H and O–H groups in total. The highest BCUT2D eigenvalue weighted by Gasteiger charge is 2.40. The summed E-state index contributed by atoms with van der Waals surface area (Å²) >= 11 is 0.